The molecule has 1 aliphatic heterocycles. The van der Waals surface area contributed by atoms with Crippen molar-refractivity contribution in [3.05, 3.63) is 72.0 Å². The van der Waals surface area contributed by atoms with Crippen LogP contribution in [0.5, 0.6) is 0 Å². The van der Waals surface area contributed by atoms with Crippen molar-refractivity contribution < 1.29 is 22.4 Å². The van der Waals surface area contributed by atoms with E-state index >= 15 is 0 Å². The van der Waals surface area contributed by atoms with Gasteiger partial charge in [-0.25, -0.2) is 17.7 Å². The number of anilines is 1. The molecule has 1 atom stereocenters. The molecule has 1 heterocycles. The predicted octanol–water partition coefficient (Wildman–Crippen LogP) is 2.99. The van der Waals surface area contributed by atoms with Gasteiger partial charge in [-0.05, 0) is 48.5 Å². The summed E-state index contributed by atoms with van der Waals surface area (Å²) in [5.41, 5.74) is 0.182. The number of rotatable bonds is 6. The fourth-order valence-corrected chi connectivity index (χ4v) is 4.64. The summed E-state index contributed by atoms with van der Waals surface area (Å²) in [4.78, 5) is 26.2. The van der Waals surface area contributed by atoms with E-state index in [0.29, 0.717) is 5.02 Å². The lowest BCUT2D eigenvalue weighted by atomic mass is 10.2. The summed E-state index contributed by atoms with van der Waals surface area (Å²) in [6.07, 6.45) is 1.02. The molecule has 0 spiro atoms. The van der Waals surface area contributed by atoms with Gasteiger partial charge in [0.2, 0.25) is 15.9 Å². The molecular formula is C19H16ClFN2O4S. The zero-order valence-electron chi connectivity index (χ0n) is 14.6. The number of sulfonamides is 1. The first-order valence-corrected chi connectivity index (χ1v) is 10.1. The lowest BCUT2D eigenvalue weighted by Crippen LogP contribution is -2.45. The second kappa shape index (κ2) is 7.83. The van der Waals surface area contributed by atoms with E-state index < -0.39 is 33.7 Å². The molecule has 0 N–H and O–H groups in total. The molecule has 146 valence electrons. The van der Waals surface area contributed by atoms with Gasteiger partial charge < -0.3 is 0 Å². The van der Waals surface area contributed by atoms with Crippen LogP contribution in [-0.4, -0.2) is 37.1 Å². The zero-order valence-corrected chi connectivity index (χ0v) is 16.2. The molecule has 0 aliphatic carbocycles. The minimum Gasteiger partial charge on any atom is -0.274 e. The maximum absolute atomic E-state index is 13.1. The lowest BCUT2D eigenvalue weighted by molar-refractivity contribution is -0.122. The van der Waals surface area contributed by atoms with Crippen LogP contribution in [0.3, 0.4) is 0 Å². The number of imide groups is 1. The Hall–Kier alpha value is -2.55. The lowest BCUT2D eigenvalue weighted by Gasteiger charge is -2.25. The quantitative estimate of drug-likeness (QED) is 0.530. The van der Waals surface area contributed by atoms with Gasteiger partial charge in [0.25, 0.3) is 5.91 Å². The summed E-state index contributed by atoms with van der Waals surface area (Å²) in [6, 6.07) is 9.10. The summed E-state index contributed by atoms with van der Waals surface area (Å²) in [6.45, 7) is 3.38. The Bertz CT molecular complexity index is 1020. The van der Waals surface area contributed by atoms with Crippen molar-refractivity contribution in [1.82, 2.24) is 4.31 Å². The van der Waals surface area contributed by atoms with Gasteiger partial charge in [-0.1, -0.05) is 17.7 Å². The third-order valence-electron chi connectivity index (χ3n) is 4.28. The van der Waals surface area contributed by atoms with Crippen molar-refractivity contribution in [1.29, 1.82) is 0 Å². The Labute approximate surface area is 166 Å². The van der Waals surface area contributed by atoms with Gasteiger partial charge in [-0.2, -0.15) is 4.31 Å². The first-order chi connectivity index (χ1) is 13.3. The Morgan fingerprint density at radius 1 is 1.14 bits per heavy atom. The van der Waals surface area contributed by atoms with E-state index in [4.69, 9.17) is 11.6 Å². The van der Waals surface area contributed by atoms with Crippen molar-refractivity contribution in [2.75, 3.05) is 11.4 Å². The highest BCUT2D eigenvalue weighted by atomic mass is 35.5. The van der Waals surface area contributed by atoms with Crippen LogP contribution in [0.2, 0.25) is 5.02 Å². The van der Waals surface area contributed by atoms with Crippen LogP contribution in [0.15, 0.2) is 66.1 Å². The molecule has 0 radical (unpaired) electrons. The smallest absolute Gasteiger partial charge is 0.252 e. The first kappa shape index (κ1) is 20.2. The Morgan fingerprint density at radius 3 is 2.32 bits per heavy atom. The molecule has 2 amide bonds. The third kappa shape index (κ3) is 3.71. The molecule has 9 heteroatoms. The molecule has 2 aromatic carbocycles. The minimum atomic E-state index is -4.09. The summed E-state index contributed by atoms with van der Waals surface area (Å²) in [7, 11) is -4.09. The monoisotopic (exact) mass is 422 g/mol. The predicted molar refractivity (Wildman–Crippen MR) is 103 cm³/mol. The van der Waals surface area contributed by atoms with Gasteiger partial charge in [0.15, 0.2) is 0 Å². The Kier molecular flexibility index (Phi) is 5.64. The first-order valence-electron chi connectivity index (χ1n) is 8.26. The minimum absolute atomic E-state index is 0.0563. The van der Waals surface area contributed by atoms with E-state index in [1.54, 1.807) is 0 Å². The van der Waals surface area contributed by atoms with Crippen molar-refractivity contribution in [2.45, 2.75) is 17.4 Å². The normalized spacial score (nSPS) is 17.4. The molecule has 0 saturated carbocycles. The van der Waals surface area contributed by atoms with Crippen LogP contribution in [0, 0.1) is 5.82 Å². The van der Waals surface area contributed by atoms with Crippen molar-refractivity contribution in [3.8, 4) is 0 Å². The summed E-state index contributed by atoms with van der Waals surface area (Å²) in [5.74, 6) is -1.78. The molecule has 1 unspecified atom stereocenters. The van der Waals surface area contributed by atoms with Gasteiger partial charge >= 0.3 is 0 Å². The topological polar surface area (TPSA) is 74.8 Å². The van der Waals surface area contributed by atoms with E-state index in [1.807, 2.05) is 0 Å². The van der Waals surface area contributed by atoms with Crippen LogP contribution in [0.1, 0.15) is 6.42 Å². The number of carbonyl (C=O) groups excluding carboxylic acids is 2. The van der Waals surface area contributed by atoms with Crippen LogP contribution >= 0.6 is 11.6 Å². The van der Waals surface area contributed by atoms with Crippen molar-refractivity contribution >= 4 is 39.1 Å². The van der Waals surface area contributed by atoms with Gasteiger partial charge in [0, 0.05) is 11.6 Å². The van der Waals surface area contributed by atoms with Gasteiger partial charge in [0.1, 0.15) is 11.9 Å². The summed E-state index contributed by atoms with van der Waals surface area (Å²) in [5, 5.41) is 0.365. The summed E-state index contributed by atoms with van der Waals surface area (Å²) >= 11 is 5.81. The van der Waals surface area contributed by atoms with Gasteiger partial charge in [-0.3, -0.25) is 9.59 Å². The molecular weight excluding hydrogens is 407 g/mol. The SMILES string of the molecule is C=CCN(C1CC(=O)N(c2ccc(F)cc2)C1=O)S(=O)(=O)c1ccc(Cl)cc1. The molecule has 0 bridgehead atoms. The fourth-order valence-electron chi connectivity index (χ4n) is 2.96. The standard InChI is InChI=1S/C19H16ClFN2O4S/c1-2-11-22(28(26,27)16-9-3-13(20)4-10-16)17-12-18(24)23(19(17)25)15-7-5-14(21)6-8-15/h2-10,17H,1,11-12H2. The number of benzene rings is 2. The molecule has 1 aliphatic rings. The Balaban J connectivity index is 1.97. The molecule has 6 nitrogen and oxygen atoms in total. The van der Waals surface area contributed by atoms with Crippen LogP contribution in [0.4, 0.5) is 10.1 Å². The highest BCUT2D eigenvalue weighted by Crippen LogP contribution is 2.29. The fraction of sp³-hybridized carbons (Fsp3) is 0.158. The number of nitrogens with zero attached hydrogens (tertiary/aromatic N) is 2. The summed E-state index contributed by atoms with van der Waals surface area (Å²) < 4.78 is 40.2. The van der Waals surface area contributed by atoms with Gasteiger partial charge in [0.05, 0.1) is 17.0 Å². The van der Waals surface area contributed by atoms with E-state index in [0.717, 1.165) is 21.3 Å². The van der Waals surface area contributed by atoms with E-state index in [1.165, 1.54) is 42.5 Å². The molecule has 28 heavy (non-hydrogen) atoms. The van der Waals surface area contributed by atoms with E-state index in [2.05, 4.69) is 6.58 Å². The van der Waals surface area contributed by atoms with E-state index in [9.17, 15) is 22.4 Å². The van der Waals surface area contributed by atoms with Crippen LogP contribution < -0.4 is 4.90 Å². The number of amides is 2. The van der Waals surface area contributed by atoms with Crippen molar-refractivity contribution in [3.63, 3.8) is 0 Å². The molecule has 3 rings (SSSR count). The second-order valence-corrected chi connectivity index (χ2v) is 8.41. The van der Waals surface area contributed by atoms with Crippen LogP contribution in [0.25, 0.3) is 0 Å². The molecule has 1 fully saturated rings. The molecule has 1 saturated heterocycles. The van der Waals surface area contributed by atoms with Crippen molar-refractivity contribution in [2.24, 2.45) is 0 Å². The largest absolute Gasteiger partial charge is 0.274 e. The third-order valence-corrected chi connectivity index (χ3v) is 6.43. The average Bonchev–Trinajstić information content (AvgIpc) is 2.95. The van der Waals surface area contributed by atoms with E-state index in [-0.39, 0.29) is 23.5 Å². The maximum Gasteiger partial charge on any atom is 0.252 e. The number of hydrogen-bond acceptors (Lipinski definition) is 4. The average molecular weight is 423 g/mol. The maximum atomic E-state index is 13.1. The number of hydrogen-bond donors (Lipinski definition) is 0. The van der Waals surface area contributed by atoms with Gasteiger partial charge in [-0.15, -0.1) is 6.58 Å². The number of halogens is 2. The highest BCUT2D eigenvalue weighted by Gasteiger charge is 2.46. The zero-order chi connectivity index (χ0) is 20.5. The second-order valence-electron chi connectivity index (χ2n) is 6.08. The highest BCUT2D eigenvalue weighted by molar-refractivity contribution is 7.89. The number of carbonyl (C=O) groups is 2. The van der Waals surface area contributed by atoms with Crippen LogP contribution in [-0.2, 0) is 19.6 Å². The molecule has 0 aromatic heterocycles. The molecule has 2 aromatic rings. The Morgan fingerprint density at radius 2 is 1.75 bits per heavy atom.